The number of thiazole rings is 1. The molecule has 0 aromatic carbocycles. The zero-order valence-corrected chi connectivity index (χ0v) is 11.6. The number of rotatable bonds is 4. The van der Waals surface area contributed by atoms with E-state index in [2.05, 4.69) is 15.5 Å². The zero-order chi connectivity index (χ0) is 13.1. The van der Waals surface area contributed by atoms with Gasteiger partial charge in [0.15, 0.2) is 0 Å². The van der Waals surface area contributed by atoms with Gasteiger partial charge in [-0.2, -0.15) is 0 Å². The first kappa shape index (κ1) is 12.9. The molecule has 1 N–H and O–H groups in total. The van der Waals surface area contributed by atoms with E-state index in [0.29, 0.717) is 11.7 Å². The van der Waals surface area contributed by atoms with Gasteiger partial charge in [0.05, 0.1) is 0 Å². The molecule has 2 aromatic heterocycles. The maximum absolute atomic E-state index is 11.6. The Morgan fingerprint density at radius 1 is 1.50 bits per heavy atom. The van der Waals surface area contributed by atoms with Crippen LogP contribution in [0.25, 0.3) is 0 Å². The van der Waals surface area contributed by atoms with Crippen LogP contribution in [-0.2, 0) is 11.3 Å². The van der Waals surface area contributed by atoms with E-state index in [1.807, 2.05) is 13.8 Å². The quantitative estimate of drug-likeness (QED) is 0.921. The van der Waals surface area contributed by atoms with Crippen LogP contribution in [0.2, 0.25) is 0 Å². The lowest BCUT2D eigenvalue weighted by Gasteiger charge is -2.04. The summed E-state index contributed by atoms with van der Waals surface area (Å²) in [7, 11) is 0. The number of hydrogen-bond donors (Lipinski definition) is 1. The number of nitrogens with zero attached hydrogens (tertiary/aromatic N) is 3. The van der Waals surface area contributed by atoms with Crippen LogP contribution in [-0.4, -0.2) is 20.7 Å². The first-order valence-corrected chi connectivity index (χ1v) is 7.00. The lowest BCUT2D eigenvalue weighted by Crippen LogP contribution is -2.20. The number of carbonyl (C=O) groups excluding carboxylic acids is 1. The lowest BCUT2D eigenvalue weighted by atomic mass is 10.3. The molecule has 0 radical (unpaired) electrons. The van der Waals surface area contributed by atoms with E-state index in [9.17, 15) is 9.59 Å². The highest BCUT2D eigenvalue weighted by Gasteiger charge is 2.10. The number of hydrogen-bond acceptors (Lipinski definition) is 6. The predicted molar refractivity (Wildman–Crippen MR) is 71.2 cm³/mol. The van der Waals surface area contributed by atoms with Gasteiger partial charge in [0.25, 0.3) is 0 Å². The van der Waals surface area contributed by atoms with Crippen LogP contribution in [0.1, 0.15) is 17.0 Å². The summed E-state index contributed by atoms with van der Waals surface area (Å²) in [5.41, 5.74) is 2.47. The highest BCUT2D eigenvalue weighted by atomic mass is 32.1. The van der Waals surface area contributed by atoms with Crippen molar-refractivity contribution in [1.82, 2.24) is 14.8 Å². The number of anilines is 1. The van der Waals surface area contributed by atoms with E-state index in [0.717, 1.165) is 10.6 Å². The predicted octanol–water partition coefficient (Wildman–Crippen LogP) is 1.41. The molecule has 2 rings (SSSR count). The Bertz CT molecular complexity index is 600. The van der Waals surface area contributed by atoms with E-state index < -0.39 is 0 Å². The number of amides is 1. The maximum Gasteiger partial charge on any atom is 0.307 e. The summed E-state index contributed by atoms with van der Waals surface area (Å²) in [4.78, 5) is 24.2. The first-order valence-electron chi connectivity index (χ1n) is 5.31. The Balaban J connectivity index is 1.95. The monoisotopic (exact) mass is 284 g/mol. The van der Waals surface area contributed by atoms with E-state index in [1.165, 1.54) is 22.7 Å². The molecule has 0 fully saturated rings. The average molecular weight is 284 g/mol. The number of nitrogens with one attached hydrogen (secondary N) is 1. The Hall–Kier alpha value is -1.54. The standard InChI is InChI=1S/C10H12N4O2S2/c1-6-7(2)18-10(16)14(6)4-3-8(15)12-9-13-11-5-17-9/h5H,3-4H2,1-2H3,(H,12,13,15). The fourth-order valence-electron chi connectivity index (χ4n) is 1.47. The molecule has 0 atom stereocenters. The van der Waals surface area contributed by atoms with E-state index >= 15 is 0 Å². The molecular formula is C10H12N4O2S2. The van der Waals surface area contributed by atoms with E-state index in [4.69, 9.17) is 0 Å². The molecule has 18 heavy (non-hydrogen) atoms. The highest BCUT2D eigenvalue weighted by molar-refractivity contribution is 7.13. The van der Waals surface area contributed by atoms with Gasteiger partial charge >= 0.3 is 4.87 Å². The molecule has 0 aliphatic carbocycles. The Kier molecular flexibility index (Phi) is 3.87. The summed E-state index contributed by atoms with van der Waals surface area (Å²) >= 11 is 2.47. The third kappa shape index (κ3) is 2.82. The SMILES string of the molecule is Cc1sc(=O)n(CCC(=O)Nc2nncs2)c1C. The van der Waals surface area contributed by atoms with Crippen molar-refractivity contribution < 1.29 is 4.79 Å². The minimum absolute atomic E-state index is 0.0197. The third-order valence-corrected chi connectivity index (χ3v) is 4.15. The van der Waals surface area contributed by atoms with Crippen molar-refractivity contribution in [2.75, 3.05) is 5.32 Å². The van der Waals surface area contributed by atoms with Gasteiger partial charge in [-0.3, -0.25) is 9.59 Å². The molecule has 0 saturated carbocycles. The molecule has 2 aromatic rings. The van der Waals surface area contributed by atoms with Crippen molar-refractivity contribution in [2.45, 2.75) is 26.8 Å². The van der Waals surface area contributed by atoms with Gasteiger partial charge in [0, 0.05) is 23.5 Å². The van der Waals surface area contributed by atoms with Gasteiger partial charge in [0.1, 0.15) is 5.51 Å². The van der Waals surface area contributed by atoms with Gasteiger partial charge in [-0.15, -0.1) is 10.2 Å². The Labute approximate surface area is 111 Å². The molecule has 2 heterocycles. The van der Waals surface area contributed by atoms with Crippen molar-refractivity contribution in [2.24, 2.45) is 0 Å². The topological polar surface area (TPSA) is 76.9 Å². The van der Waals surface area contributed by atoms with Crippen LogP contribution in [0.3, 0.4) is 0 Å². The second-order valence-corrected chi connectivity index (χ2v) is 5.70. The Morgan fingerprint density at radius 2 is 2.28 bits per heavy atom. The summed E-state index contributed by atoms with van der Waals surface area (Å²) in [5.74, 6) is -0.165. The lowest BCUT2D eigenvalue weighted by molar-refractivity contribution is -0.116. The molecule has 6 nitrogen and oxygen atoms in total. The van der Waals surface area contributed by atoms with Crippen molar-refractivity contribution in [3.05, 3.63) is 25.7 Å². The molecule has 8 heteroatoms. The third-order valence-electron chi connectivity index (χ3n) is 2.54. The van der Waals surface area contributed by atoms with E-state index in [-0.39, 0.29) is 17.2 Å². The maximum atomic E-state index is 11.6. The number of aromatic nitrogens is 3. The molecule has 0 spiro atoms. The molecule has 0 aliphatic rings. The van der Waals surface area contributed by atoms with Crippen molar-refractivity contribution >= 4 is 33.7 Å². The Morgan fingerprint density at radius 3 is 2.83 bits per heavy atom. The second-order valence-electron chi connectivity index (χ2n) is 3.70. The van der Waals surface area contributed by atoms with Gasteiger partial charge in [-0.1, -0.05) is 22.7 Å². The average Bonchev–Trinajstić information content (AvgIpc) is 2.88. The molecule has 1 amide bonds. The van der Waals surface area contributed by atoms with Crippen LogP contribution in [0, 0.1) is 13.8 Å². The van der Waals surface area contributed by atoms with Crippen LogP contribution >= 0.6 is 22.7 Å². The fourth-order valence-corrected chi connectivity index (χ4v) is 2.79. The normalized spacial score (nSPS) is 10.6. The minimum atomic E-state index is -0.165. The van der Waals surface area contributed by atoms with Gasteiger partial charge < -0.3 is 9.88 Å². The van der Waals surface area contributed by atoms with Crippen LogP contribution < -0.4 is 10.2 Å². The van der Waals surface area contributed by atoms with Gasteiger partial charge in [-0.05, 0) is 13.8 Å². The van der Waals surface area contributed by atoms with Crippen LogP contribution in [0.5, 0.6) is 0 Å². The minimum Gasteiger partial charge on any atom is -0.303 e. The number of aryl methyl sites for hydroxylation is 1. The van der Waals surface area contributed by atoms with Crippen LogP contribution in [0.15, 0.2) is 10.3 Å². The summed E-state index contributed by atoms with van der Waals surface area (Å²) in [6, 6.07) is 0. The van der Waals surface area contributed by atoms with Crippen molar-refractivity contribution in [3.63, 3.8) is 0 Å². The smallest absolute Gasteiger partial charge is 0.303 e. The summed E-state index contributed by atoms with van der Waals surface area (Å²) in [6.45, 7) is 4.18. The van der Waals surface area contributed by atoms with E-state index in [1.54, 1.807) is 10.1 Å². The second kappa shape index (κ2) is 5.40. The summed E-state index contributed by atoms with van der Waals surface area (Å²) < 4.78 is 1.62. The van der Waals surface area contributed by atoms with Gasteiger partial charge in [-0.25, -0.2) is 0 Å². The van der Waals surface area contributed by atoms with Gasteiger partial charge in [0.2, 0.25) is 11.0 Å². The molecule has 0 bridgehead atoms. The number of carbonyl (C=O) groups is 1. The molecular weight excluding hydrogens is 272 g/mol. The molecule has 0 saturated heterocycles. The summed E-state index contributed by atoms with van der Waals surface area (Å²) in [5, 5.41) is 10.5. The largest absolute Gasteiger partial charge is 0.307 e. The molecule has 0 aliphatic heterocycles. The molecule has 96 valence electrons. The first-order chi connectivity index (χ1) is 8.58. The molecule has 0 unspecified atom stereocenters. The van der Waals surface area contributed by atoms with Crippen LogP contribution in [0.4, 0.5) is 5.13 Å². The highest BCUT2D eigenvalue weighted by Crippen LogP contribution is 2.11. The summed E-state index contributed by atoms with van der Waals surface area (Å²) in [6.07, 6.45) is 0.247. The fraction of sp³-hybridized carbons (Fsp3) is 0.400. The van der Waals surface area contributed by atoms with Crippen molar-refractivity contribution in [3.8, 4) is 0 Å². The zero-order valence-electron chi connectivity index (χ0n) is 9.97. The van der Waals surface area contributed by atoms with Crippen molar-refractivity contribution in [1.29, 1.82) is 0 Å².